The van der Waals surface area contributed by atoms with E-state index in [-0.39, 0.29) is 18.0 Å². The quantitative estimate of drug-likeness (QED) is 0.128. The highest BCUT2D eigenvalue weighted by Crippen LogP contribution is 2.46. The highest BCUT2D eigenvalue weighted by molar-refractivity contribution is 6.35. The summed E-state index contributed by atoms with van der Waals surface area (Å²) in [5.41, 5.74) is 9.20. The average molecular weight is 676 g/mol. The van der Waals surface area contributed by atoms with Crippen LogP contribution in [0.4, 0.5) is 5.69 Å². The minimum Gasteiger partial charge on any atom is -0.494 e. The molecule has 0 bridgehead atoms. The van der Waals surface area contributed by atoms with Crippen LogP contribution in [-0.2, 0) is 13.5 Å². The number of fused-ring (bicyclic) bond motifs is 3. The van der Waals surface area contributed by atoms with E-state index in [0.29, 0.717) is 41.4 Å². The number of halogens is 2. The highest BCUT2D eigenvalue weighted by Gasteiger charge is 2.40. The molecule has 5 aromatic rings. The van der Waals surface area contributed by atoms with Crippen molar-refractivity contribution in [3.8, 4) is 16.9 Å². The van der Waals surface area contributed by atoms with Gasteiger partial charge in [-0.3, -0.25) is 9.48 Å². The Morgan fingerprint density at radius 3 is 2.19 bits per heavy atom. The number of amides is 1. The Balaban J connectivity index is 1.49. The van der Waals surface area contributed by atoms with E-state index in [1.54, 1.807) is 24.3 Å². The Bertz CT molecular complexity index is 1990. The van der Waals surface area contributed by atoms with E-state index >= 15 is 0 Å². The standard InChI is InChI=1S/C37H40Cl2N4O4/c1-19-17-27(18-20(2)33(19)39)47-16-8-9-28-29-14-15-30(38)32(31-21(3)40-41(7)24(31)6)34(29)43-23(5)22(4)42(36(44)35(28)43)26-12-10-25(11-13-26)37(45)46/h10-15,17-18,22-23,37,45-46H,8-9,16H2,1-7H3/t22-,23-/m1/s1. The number of hydrogen-bond donors (Lipinski definition) is 2. The average Bonchev–Trinajstić information content (AvgIpc) is 3.49. The number of anilines is 1. The number of aliphatic hydroxyl groups excluding tert-OH is 1. The van der Waals surface area contributed by atoms with Gasteiger partial charge in [0, 0.05) is 45.5 Å². The van der Waals surface area contributed by atoms with Crippen LogP contribution in [0, 0.1) is 27.7 Å². The zero-order chi connectivity index (χ0) is 33.9. The van der Waals surface area contributed by atoms with Crippen molar-refractivity contribution in [1.82, 2.24) is 14.3 Å². The first kappa shape index (κ1) is 33.1. The Labute approximate surface area is 285 Å². The van der Waals surface area contributed by atoms with Gasteiger partial charge in [-0.15, -0.1) is 0 Å². The third kappa shape index (κ3) is 5.61. The van der Waals surface area contributed by atoms with Crippen LogP contribution in [0.25, 0.3) is 22.0 Å². The van der Waals surface area contributed by atoms with Crippen LogP contribution in [-0.4, -0.2) is 43.1 Å². The van der Waals surface area contributed by atoms with Gasteiger partial charge in [-0.1, -0.05) is 41.4 Å². The summed E-state index contributed by atoms with van der Waals surface area (Å²) in [5, 5.41) is 26.3. The van der Waals surface area contributed by atoms with Crippen molar-refractivity contribution >= 4 is 45.7 Å². The van der Waals surface area contributed by atoms with Crippen LogP contribution in [0.15, 0.2) is 48.5 Å². The fourth-order valence-corrected chi connectivity index (χ4v) is 7.39. The second-order valence-corrected chi connectivity index (χ2v) is 13.4. The zero-order valence-electron chi connectivity index (χ0n) is 27.7. The van der Waals surface area contributed by atoms with Gasteiger partial charge in [-0.25, -0.2) is 0 Å². The number of aryl methyl sites for hydroxylation is 5. The predicted molar refractivity (Wildman–Crippen MR) is 188 cm³/mol. The second-order valence-electron chi connectivity index (χ2n) is 12.6. The van der Waals surface area contributed by atoms with Gasteiger partial charge in [0.1, 0.15) is 11.4 Å². The third-order valence-electron chi connectivity index (χ3n) is 9.63. The number of aromatic nitrogens is 3. The maximum Gasteiger partial charge on any atom is 0.275 e. The number of aliphatic hydroxyl groups is 2. The van der Waals surface area contributed by atoms with Gasteiger partial charge >= 0.3 is 0 Å². The predicted octanol–water partition coefficient (Wildman–Crippen LogP) is 8.19. The van der Waals surface area contributed by atoms with Gasteiger partial charge in [-0.05, 0) is 101 Å². The molecule has 47 heavy (non-hydrogen) atoms. The van der Waals surface area contributed by atoms with E-state index in [1.165, 1.54) is 0 Å². The van der Waals surface area contributed by atoms with E-state index < -0.39 is 6.29 Å². The number of nitrogens with zero attached hydrogens (tertiary/aromatic N) is 4. The summed E-state index contributed by atoms with van der Waals surface area (Å²) >= 11 is 13.4. The fourth-order valence-electron chi connectivity index (χ4n) is 7.03. The lowest BCUT2D eigenvalue weighted by Crippen LogP contribution is -2.49. The molecule has 10 heteroatoms. The third-order valence-corrected chi connectivity index (χ3v) is 10.5. The topological polar surface area (TPSA) is 92.8 Å². The lowest BCUT2D eigenvalue weighted by Gasteiger charge is -2.40. The summed E-state index contributed by atoms with van der Waals surface area (Å²) in [6, 6.07) is 14.3. The Hall–Kier alpha value is -3.82. The van der Waals surface area contributed by atoms with E-state index in [1.807, 2.05) is 75.5 Å². The number of carbonyl (C=O) groups excluding carboxylic acids is 1. The molecule has 6 rings (SSSR count). The molecule has 0 unspecified atom stereocenters. The molecule has 3 heterocycles. The molecule has 0 saturated carbocycles. The van der Waals surface area contributed by atoms with Crippen molar-refractivity contribution < 1.29 is 19.7 Å². The van der Waals surface area contributed by atoms with Crippen LogP contribution >= 0.6 is 23.2 Å². The number of rotatable bonds is 8. The number of benzene rings is 3. The van der Waals surface area contributed by atoms with Gasteiger partial charge in [0.05, 0.1) is 34.9 Å². The molecule has 0 saturated heterocycles. The lowest BCUT2D eigenvalue weighted by atomic mass is 9.98. The maximum absolute atomic E-state index is 14.7. The van der Waals surface area contributed by atoms with Gasteiger partial charge in [-0.2, -0.15) is 5.10 Å². The SMILES string of the molecule is Cc1cc(OCCCc2c3n(c4c(-c5c(C)nn(C)c5C)c(Cl)ccc24)[C@H](C)[C@@H](C)N(c2ccc(C(O)O)cc2)C3=O)cc(C)c1Cl. The van der Waals surface area contributed by atoms with Crippen molar-refractivity contribution in [3.63, 3.8) is 0 Å². The molecule has 1 amide bonds. The summed E-state index contributed by atoms with van der Waals surface area (Å²) in [6.07, 6.45) is -0.305. The Morgan fingerprint density at radius 2 is 1.60 bits per heavy atom. The molecule has 1 aliphatic rings. The van der Waals surface area contributed by atoms with E-state index in [9.17, 15) is 15.0 Å². The summed E-state index contributed by atoms with van der Waals surface area (Å²) in [6.45, 7) is 12.6. The Kier molecular flexibility index (Phi) is 8.91. The van der Waals surface area contributed by atoms with Crippen LogP contribution in [0.1, 0.15) is 76.7 Å². The van der Waals surface area contributed by atoms with E-state index in [2.05, 4.69) is 11.5 Å². The van der Waals surface area contributed by atoms with Crippen molar-refractivity contribution in [2.45, 2.75) is 72.8 Å². The molecule has 2 atom stereocenters. The molecule has 0 fully saturated rings. The van der Waals surface area contributed by atoms with Crippen molar-refractivity contribution in [2.75, 3.05) is 11.5 Å². The molecular weight excluding hydrogens is 635 g/mol. The molecule has 0 radical (unpaired) electrons. The van der Waals surface area contributed by atoms with Gasteiger partial charge in [0.15, 0.2) is 6.29 Å². The van der Waals surface area contributed by atoms with E-state index in [0.717, 1.165) is 60.9 Å². The summed E-state index contributed by atoms with van der Waals surface area (Å²) < 4.78 is 10.2. The number of hydrogen-bond acceptors (Lipinski definition) is 5. The van der Waals surface area contributed by atoms with Crippen LogP contribution in [0.5, 0.6) is 5.75 Å². The summed E-state index contributed by atoms with van der Waals surface area (Å²) in [4.78, 5) is 16.5. The first-order valence-corrected chi connectivity index (χ1v) is 16.6. The lowest BCUT2D eigenvalue weighted by molar-refractivity contribution is -0.0424. The minimum absolute atomic E-state index is 0.118. The molecule has 2 N–H and O–H groups in total. The highest BCUT2D eigenvalue weighted by atomic mass is 35.5. The monoisotopic (exact) mass is 674 g/mol. The fraction of sp³-hybridized carbons (Fsp3) is 0.351. The van der Waals surface area contributed by atoms with E-state index in [4.69, 9.17) is 33.0 Å². The molecule has 3 aromatic carbocycles. The molecule has 2 aromatic heterocycles. The first-order chi connectivity index (χ1) is 22.3. The molecule has 8 nitrogen and oxygen atoms in total. The largest absolute Gasteiger partial charge is 0.494 e. The molecule has 246 valence electrons. The Morgan fingerprint density at radius 1 is 0.936 bits per heavy atom. The number of ether oxygens (including phenoxy) is 1. The summed E-state index contributed by atoms with van der Waals surface area (Å²) in [5.74, 6) is 0.650. The zero-order valence-corrected chi connectivity index (χ0v) is 29.2. The second kappa shape index (κ2) is 12.7. The summed E-state index contributed by atoms with van der Waals surface area (Å²) in [7, 11) is 1.93. The van der Waals surface area contributed by atoms with Crippen LogP contribution in [0.3, 0.4) is 0 Å². The van der Waals surface area contributed by atoms with Crippen molar-refractivity contribution in [1.29, 1.82) is 0 Å². The van der Waals surface area contributed by atoms with Crippen LogP contribution < -0.4 is 9.64 Å². The van der Waals surface area contributed by atoms with Crippen LogP contribution in [0.2, 0.25) is 10.0 Å². The first-order valence-electron chi connectivity index (χ1n) is 15.9. The van der Waals surface area contributed by atoms with Gasteiger partial charge < -0.3 is 24.4 Å². The molecule has 0 spiro atoms. The molecule has 1 aliphatic heterocycles. The minimum atomic E-state index is -1.59. The van der Waals surface area contributed by atoms with Gasteiger partial charge in [0.25, 0.3) is 5.91 Å². The molecule has 0 aliphatic carbocycles. The molecular formula is C37H40Cl2N4O4. The maximum atomic E-state index is 14.7. The normalized spacial score (nSPS) is 16.4. The van der Waals surface area contributed by atoms with Crippen molar-refractivity contribution in [3.05, 3.63) is 97.9 Å². The number of carbonyl (C=O) groups is 1. The smallest absolute Gasteiger partial charge is 0.275 e. The van der Waals surface area contributed by atoms with Crippen molar-refractivity contribution in [2.24, 2.45) is 7.05 Å². The van der Waals surface area contributed by atoms with Gasteiger partial charge in [0.2, 0.25) is 0 Å².